The Bertz CT molecular complexity index is 210. The van der Waals surface area contributed by atoms with Crippen molar-refractivity contribution < 1.29 is 0 Å². The summed E-state index contributed by atoms with van der Waals surface area (Å²) in [6.07, 6.45) is 5.80. The number of rotatable bonds is 1. The average molecular weight is 122 g/mol. The third-order valence-corrected chi connectivity index (χ3v) is 1.20. The van der Waals surface area contributed by atoms with Gasteiger partial charge in [0.1, 0.15) is 0 Å². The molecule has 2 nitrogen and oxygen atoms in total. The minimum Gasteiger partial charge on any atom is -0.269 e. The number of nitrogens with zero attached hydrogens (tertiary/aromatic N) is 2. The normalized spacial score (nSPS) is 10.9. The maximum atomic E-state index is 4.00. The summed E-state index contributed by atoms with van der Waals surface area (Å²) < 4.78 is 1.83. The molecule has 1 aromatic rings. The van der Waals surface area contributed by atoms with E-state index in [1.807, 2.05) is 36.9 Å². The van der Waals surface area contributed by atoms with E-state index < -0.39 is 0 Å². The van der Waals surface area contributed by atoms with Gasteiger partial charge in [-0.2, -0.15) is 5.10 Å². The summed E-state index contributed by atoms with van der Waals surface area (Å²) in [5, 5.41) is 4.00. The Labute approximate surface area is 54.8 Å². The highest BCUT2D eigenvalue weighted by Crippen LogP contribution is 1.97. The van der Waals surface area contributed by atoms with Gasteiger partial charge in [-0.1, -0.05) is 6.08 Å². The molecule has 1 aromatic heterocycles. The molecule has 0 fully saturated rings. The first kappa shape index (κ1) is 6.08. The predicted octanol–water partition coefficient (Wildman–Crippen LogP) is 1.45. The van der Waals surface area contributed by atoms with E-state index in [9.17, 15) is 0 Å². The lowest BCUT2D eigenvalue weighted by molar-refractivity contribution is 0.759. The number of allylic oxidation sites excluding steroid dienone is 1. The first-order valence-corrected chi connectivity index (χ1v) is 2.95. The van der Waals surface area contributed by atoms with Gasteiger partial charge >= 0.3 is 0 Å². The van der Waals surface area contributed by atoms with Crippen LogP contribution in [-0.4, -0.2) is 9.78 Å². The van der Waals surface area contributed by atoms with Gasteiger partial charge in [0.15, 0.2) is 0 Å². The van der Waals surface area contributed by atoms with Crippen LogP contribution in [0.1, 0.15) is 12.6 Å². The van der Waals surface area contributed by atoms with Gasteiger partial charge in [-0.25, -0.2) is 0 Å². The highest BCUT2D eigenvalue weighted by Gasteiger charge is 1.88. The van der Waals surface area contributed by atoms with E-state index >= 15 is 0 Å². The van der Waals surface area contributed by atoms with Crippen LogP contribution in [0.25, 0.3) is 6.08 Å². The van der Waals surface area contributed by atoms with E-state index in [4.69, 9.17) is 0 Å². The van der Waals surface area contributed by atoms with Gasteiger partial charge in [-0.15, -0.1) is 0 Å². The molecular weight excluding hydrogens is 112 g/mol. The largest absolute Gasteiger partial charge is 0.269 e. The summed E-state index contributed by atoms with van der Waals surface area (Å²) in [5.74, 6) is 0. The summed E-state index contributed by atoms with van der Waals surface area (Å²) in [5.41, 5.74) is 1.14. The number of hydrogen-bond acceptors (Lipinski definition) is 1. The number of hydrogen-bond donors (Lipinski definition) is 0. The molecule has 0 N–H and O–H groups in total. The first-order valence-electron chi connectivity index (χ1n) is 2.95. The highest BCUT2D eigenvalue weighted by atomic mass is 15.2. The lowest BCUT2D eigenvalue weighted by Gasteiger charge is -1.90. The molecule has 48 valence electrons. The standard InChI is InChI=1S/C7H10N2/c1-3-4-7-5-6-8-9(7)2/h3-6H,1-2H3. The summed E-state index contributed by atoms with van der Waals surface area (Å²) >= 11 is 0. The van der Waals surface area contributed by atoms with Crippen LogP contribution in [0.3, 0.4) is 0 Å². The maximum absolute atomic E-state index is 4.00. The number of aryl methyl sites for hydroxylation is 1. The second-order valence-electron chi connectivity index (χ2n) is 1.88. The third-order valence-electron chi connectivity index (χ3n) is 1.20. The van der Waals surface area contributed by atoms with Crippen molar-refractivity contribution >= 4 is 6.08 Å². The molecule has 2 heteroatoms. The van der Waals surface area contributed by atoms with Gasteiger partial charge in [0.2, 0.25) is 0 Å². The SMILES string of the molecule is CC=Cc1ccnn1C. The van der Waals surface area contributed by atoms with Crippen molar-refractivity contribution in [3.05, 3.63) is 24.0 Å². The molecule has 0 aliphatic rings. The van der Waals surface area contributed by atoms with Crippen LogP contribution in [-0.2, 0) is 7.05 Å². The topological polar surface area (TPSA) is 17.8 Å². The quantitative estimate of drug-likeness (QED) is 0.551. The summed E-state index contributed by atoms with van der Waals surface area (Å²) in [7, 11) is 1.93. The molecule has 0 saturated carbocycles. The van der Waals surface area contributed by atoms with Crippen molar-refractivity contribution in [3.63, 3.8) is 0 Å². The molecule has 1 heterocycles. The molecule has 9 heavy (non-hydrogen) atoms. The molecule has 0 aliphatic heterocycles. The fourth-order valence-corrected chi connectivity index (χ4v) is 0.718. The monoisotopic (exact) mass is 122 g/mol. The van der Waals surface area contributed by atoms with E-state index in [1.165, 1.54) is 0 Å². The lowest BCUT2D eigenvalue weighted by Crippen LogP contribution is -1.91. The Morgan fingerprint density at radius 2 is 2.44 bits per heavy atom. The Morgan fingerprint density at radius 1 is 1.67 bits per heavy atom. The van der Waals surface area contributed by atoms with Crippen molar-refractivity contribution in [1.29, 1.82) is 0 Å². The minimum absolute atomic E-state index is 1.14. The minimum atomic E-state index is 1.14. The molecule has 0 unspecified atom stereocenters. The van der Waals surface area contributed by atoms with Crippen molar-refractivity contribution in [1.82, 2.24) is 9.78 Å². The van der Waals surface area contributed by atoms with Crippen LogP contribution < -0.4 is 0 Å². The van der Waals surface area contributed by atoms with Crippen molar-refractivity contribution in [2.75, 3.05) is 0 Å². The third kappa shape index (κ3) is 1.19. The smallest absolute Gasteiger partial charge is 0.0603 e. The zero-order chi connectivity index (χ0) is 6.69. The Balaban J connectivity index is 2.94. The van der Waals surface area contributed by atoms with Crippen LogP contribution in [0.4, 0.5) is 0 Å². The summed E-state index contributed by atoms with van der Waals surface area (Å²) in [6.45, 7) is 1.99. The molecule has 0 saturated heterocycles. The molecule has 0 spiro atoms. The van der Waals surface area contributed by atoms with Gasteiger partial charge in [-0.05, 0) is 19.1 Å². The highest BCUT2D eigenvalue weighted by molar-refractivity contribution is 5.43. The van der Waals surface area contributed by atoms with Gasteiger partial charge in [-0.3, -0.25) is 4.68 Å². The van der Waals surface area contributed by atoms with Crippen LogP contribution in [0, 0.1) is 0 Å². The second-order valence-corrected chi connectivity index (χ2v) is 1.88. The molecule has 0 bridgehead atoms. The molecule has 0 aromatic carbocycles. The fraction of sp³-hybridized carbons (Fsp3) is 0.286. The predicted molar refractivity (Wildman–Crippen MR) is 37.9 cm³/mol. The molecule has 0 amide bonds. The Morgan fingerprint density at radius 3 is 2.89 bits per heavy atom. The number of aromatic nitrogens is 2. The van der Waals surface area contributed by atoms with Gasteiger partial charge in [0.25, 0.3) is 0 Å². The van der Waals surface area contributed by atoms with E-state index in [2.05, 4.69) is 5.10 Å². The lowest BCUT2D eigenvalue weighted by atomic mass is 10.4. The Kier molecular flexibility index (Phi) is 1.68. The summed E-state index contributed by atoms with van der Waals surface area (Å²) in [6, 6.07) is 1.97. The van der Waals surface area contributed by atoms with E-state index in [-0.39, 0.29) is 0 Å². The molecule has 0 aliphatic carbocycles. The van der Waals surface area contributed by atoms with Crippen LogP contribution >= 0.6 is 0 Å². The second kappa shape index (κ2) is 2.49. The van der Waals surface area contributed by atoms with Gasteiger partial charge in [0, 0.05) is 13.2 Å². The van der Waals surface area contributed by atoms with Gasteiger partial charge in [0.05, 0.1) is 5.69 Å². The average Bonchev–Trinajstić information content (AvgIpc) is 2.18. The van der Waals surface area contributed by atoms with Crippen LogP contribution in [0.5, 0.6) is 0 Å². The van der Waals surface area contributed by atoms with Crippen molar-refractivity contribution in [2.45, 2.75) is 6.92 Å². The molecule has 0 radical (unpaired) electrons. The van der Waals surface area contributed by atoms with Crippen molar-refractivity contribution in [2.24, 2.45) is 7.05 Å². The van der Waals surface area contributed by atoms with Gasteiger partial charge < -0.3 is 0 Å². The van der Waals surface area contributed by atoms with E-state index in [0.717, 1.165) is 5.69 Å². The Hall–Kier alpha value is -1.05. The maximum Gasteiger partial charge on any atom is 0.0603 e. The molecule has 1 rings (SSSR count). The van der Waals surface area contributed by atoms with E-state index in [0.29, 0.717) is 0 Å². The zero-order valence-electron chi connectivity index (χ0n) is 5.70. The summed E-state index contributed by atoms with van der Waals surface area (Å²) in [4.78, 5) is 0. The fourth-order valence-electron chi connectivity index (χ4n) is 0.718. The van der Waals surface area contributed by atoms with Crippen LogP contribution in [0.2, 0.25) is 0 Å². The molecule has 0 atom stereocenters. The molecular formula is C7H10N2. The van der Waals surface area contributed by atoms with Crippen LogP contribution in [0.15, 0.2) is 18.3 Å². The first-order chi connectivity index (χ1) is 4.34. The van der Waals surface area contributed by atoms with Crippen molar-refractivity contribution in [3.8, 4) is 0 Å². The zero-order valence-corrected chi connectivity index (χ0v) is 5.70. The van der Waals surface area contributed by atoms with E-state index in [1.54, 1.807) is 6.20 Å².